The molecule has 0 radical (unpaired) electrons. The Balaban J connectivity index is 0.00000192. The van der Waals surface area contributed by atoms with Gasteiger partial charge in [0.2, 0.25) is 0 Å². The third-order valence-corrected chi connectivity index (χ3v) is 3.10. The van der Waals surface area contributed by atoms with E-state index in [0.29, 0.717) is 18.3 Å². The number of ether oxygens (including phenoxy) is 1. The molecule has 1 aromatic carbocycles. The van der Waals surface area contributed by atoms with E-state index in [-0.39, 0.29) is 11.2 Å². The van der Waals surface area contributed by atoms with Crippen LogP contribution in [0.25, 0.3) is 0 Å². The maximum atomic E-state index is 12.1. The first kappa shape index (κ1) is 16.4. The van der Waals surface area contributed by atoms with Crippen LogP contribution in [0.4, 0.5) is 0 Å². The first-order chi connectivity index (χ1) is 10.8. The average Bonchev–Trinajstić information content (AvgIpc) is 3.02. The van der Waals surface area contributed by atoms with E-state index >= 15 is 0 Å². The summed E-state index contributed by atoms with van der Waals surface area (Å²) in [6.45, 7) is 2.06. The Labute approximate surface area is 134 Å². The fourth-order valence-corrected chi connectivity index (χ4v) is 2.11. The van der Waals surface area contributed by atoms with Gasteiger partial charge in [-0.2, -0.15) is 4.99 Å². The molecular formula is C17H17N3O3. The number of benzene rings is 1. The fraction of sp³-hybridized carbons (Fsp3) is 0.118. The standard InChI is InChI=1S/C17H15N3O2.H2O/c1-2-22-17(21)14-16(20-11-7-4-8-12-20)19-15(18-14)13-9-5-3-6-10-13;/h3-12H,2H2,1H3;1H2. The molecule has 1 aromatic heterocycles. The van der Waals surface area contributed by atoms with E-state index in [4.69, 9.17) is 4.74 Å². The Hall–Kier alpha value is -2.99. The van der Waals surface area contributed by atoms with Crippen LogP contribution in [0.15, 0.2) is 82.6 Å². The molecule has 6 heteroatoms. The van der Waals surface area contributed by atoms with Crippen molar-refractivity contribution >= 4 is 11.7 Å². The maximum Gasteiger partial charge on any atom is 0.358 e. The Bertz CT molecular complexity index is 753. The number of rotatable bonds is 3. The minimum atomic E-state index is -0.469. The zero-order valence-corrected chi connectivity index (χ0v) is 12.6. The van der Waals surface area contributed by atoms with Gasteiger partial charge in [0.1, 0.15) is 0 Å². The van der Waals surface area contributed by atoms with Crippen molar-refractivity contribution in [3.63, 3.8) is 0 Å². The van der Waals surface area contributed by atoms with Crippen molar-refractivity contribution in [1.29, 1.82) is 0 Å². The van der Waals surface area contributed by atoms with Crippen LogP contribution in [0, 0.1) is 0 Å². The molecule has 2 N–H and O–H groups in total. The van der Waals surface area contributed by atoms with Gasteiger partial charge in [0.15, 0.2) is 5.70 Å². The fourth-order valence-electron chi connectivity index (χ4n) is 2.11. The van der Waals surface area contributed by atoms with Gasteiger partial charge in [0, 0.05) is 5.56 Å². The molecular weight excluding hydrogens is 294 g/mol. The summed E-state index contributed by atoms with van der Waals surface area (Å²) in [4.78, 5) is 8.87. The van der Waals surface area contributed by atoms with E-state index in [1.54, 1.807) is 11.5 Å². The number of pyridine rings is 1. The number of aliphatic imine (C=N–C) groups is 2. The predicted molar refractivity (Wildman–Crippen MR) is 84.7 cm³/mol. The van der Waals surface area contributed by atoms with Crippen LogP contribution < -0.4 is 9.67 Å². The summed E-state index contributed by atoms with van der Waals surface area (Å²) in [5.41, 5.74) is 1.08. The van der Waals surface area contributed by atoms with Crippen molar-refractivity contribution in [2.45, 2.75) is 6.92 Å². The summed E-state index contributed by atoms with van der Waals surface area (Å²) >= 11 is 0. The predicted octanol–water partition coefficient (Wildman–Crippen LogP) is 0.422. The van der Waals surface area contributed by atoms with E-state index in [9.17, 15) is 5.11 Å². The largest absolute Gasteiger partial charge is 0.612 e. The highest BCUT2D eigenvalue weighted by Gasteiger charge is 2.30. The molecule has 0 amide bonds. The number of nitrogens with zero attached hydrogens (tertiary/aromatic N) is 3. The van der Waals surface area contributed by atoms with Crippen LogP contribution in [0.1, 0.15) is 12.5 Å². The average molecular weight is 311 g/mol. The lowest BCUT2D eigenvalue weighted by atomic mass is 10.2. The van der Waals surface area contributed by atoms with Gasteiger partial charge in [-0.25, -0.2) is 4.57 Å². The zero-order chi connectivity index (χ0) is 15.4. The molecule has 2 heterocycles. The van der Waals surface area contributed by atoms with Gasteiger partial charge >= 0.3 is 5.84 Å². The molecule has 0 bridgehead atoms. The highest BCUT2D eigenvalue weighted by Crippen LogP contribution is 2.16. The molecule has 1 aliphatic rings. The second-order valence-corrected chi connectivity index (χ2v) is 4.59. The number of amidine groups is 1. The van der Waals surface area contributed by atoms with Gasteiger partial charge in [0.05, 0.1) is 18.3 Å². The van der Waals surface area contributed by atoms with Gasteiger partial charge in [-0.15, -0.1) is 0 Å². The van der Waals surface area contributed by atoms with E-state index in [1.807, 2.05) is 60.9 Å². The molecule has 0 atom stereocenters. The molecule has 0 unspecified atom stereocenters. The summed E-state index contributed by atoms with van der Waals surface area (Å²) in [5.74, 6) is 0.511. The molecule has 3 rings (SSSR count). The van der Waals surface area contributed by atoms with Gasteiger partial charge in [-0.1, -0.05) is 31.2 Å². The molecule has 23 heavy (non-hydrogen) atoms. The van der Waals surface area contributed by atoms with Gasteiger partial charge in [-0.05, 0) is 35.9 Å². The van der Waals surface area contributed by atoms with Crippen LogP contribution in [0.5, 0.6) is 0 Å². The normalized spacial score (nSPS) is 15.3. The molecule has 2 aromatic rings. The van der Waals surface area contributed by atoms with Crippen molar-refractivity contribution in [3.05, 3.63) is 78.1 Å². The minimum absolute atomic E-state index is 0. The summed E-state index contributed by atoms with van der Waals surface area (Å²) in [6, 6.07) is 15.2. The zero-order valence-electron chi connectivity index (χ0n) is 12.6. The van der Waals surface area contributed by atoms with Crippen LogP contribution in [-0.4, -0.2) is 23.8 Å². The monoisotopic (exact) mass is 311 g/mol. The third-order valence-electron chi connectivity index (χ3n) is 3.10. The van der Waals surface area contributed by atoms with Gasteiger partial charge in [0.25, 0.3) is 5.84 Å². The number of aromatic nitrogens is 1. The van der Waals surface area contributed by atoms with Crippen LogP contribution in [0.3, 0.4) is 0 Å². The Morgan fingerprint density at radius 2 is 1.70 bits per heavy atom. The lowest BCUT2D eigenvalue weighted by Crippen LogP contribution is -2.43. The second kappa shape index (κ2) is 7.33. The van der Waals surface area contributed by atoms with Crippen molar-refractivity contribution < 1.29 is 19.9 Å². The van der Waals surface area contributed by atoms with E-state index in [0.717, 1.165) is 5.56 Å². The third kappa shape index (κ3) is 3.44. The summed E-state index contributed by atoms with van der Waals surface area (Å²) in [7, 11) is 0. The maximum absolute atomic E-state index is 12.1. The number of allylic oxidation sites excluding steroid dienone is 1. The molecule has 0 spiro atoms. The van der Waals surface area contributed by atoms with Crippen LogP contribution in [-0.2, 0) is 4.74 Å². The molecule has 1 aliphatic heterocycles. The van der Waals surface area contributed by atoms with Gasteiger partial charge < -0.3 is 15.3 Å². The Kier molecular flexibility index (Phi) is 5.22. The minimum Gasteiger partial charge on any atom is -0.612 e. The molecule has 0 fully saturated rings. The van der Waals surface area contributed by atoms with Crippen molar-refractivity contribution in [3.8, 4) is 0 Å². The first-order valence-corrected chi connectivity index (χ1v) is 7.03. The van der Waals surface area contributed by atoms with E-state index in [1.165, 1.54) is 0 Å². The first-order valence-electron chi connectivity index (χ1n) is 7.03. The lowest BCUT2D eigenvalue weighted by molar-refractivity contribution is -0.554. The van der Waals surface area contributed by atoms with Crippen LogP contribution in [0.2, 0.25) is 0 Å². The quantitative estimate of drug-likeness (QED) is 0.607. The van der Waals surface area contributed by atoms with Crippen LogP contribution >= 0.6 is 0 Å². The van der Waals surface area contributed by atoms with Gasteiger partial charge in [-0.3, -0.25) is 0 Å². The molecule has 0 saturated carbocycles. The number of hydrogen-bond acceptors (Lipinski definition) is 4. The summed E-state index contributed by atoms with van der Waals surface area (Å²) < 4.78 is 6.84. The highest BCUT2D eigenvalue weighted by atomic mass is 16.6. The molecule has 118 valence electrons. The van der Waals surface area contributed by atoms with Crippen molar-refractivity contribution in [2.75, 3.05) is 6.61 Å². The summed E-state index contributed by atoms with van der Waals surface area (Å²) in [6.07, 6.45) is 3.64. The SMILES string of the molecule is CCO/C([O-])=C1/N=C(c2ccccc2)N=C1[n+]1ccccc1.O. The Morgan fingerprint density at radius 1 is 1.04 bits per heavy atom. The second-order valence-electron chi connectivity index (χ2n) is 4.59. The van der Waals surface area contributed by atoms with E-state index in [2.05, 4.69) is 9.98 Å². The van der Waals surface area contributed by atoms with Crippen molar-refractivity contribution in [2.24, 2.45) is 9.98 Å². The Morgan fingerprint density at radius 3 is 2.35 bits per heavy atom. The number of hydrogen-bond donors (Lipinski definition) is 0. The lowest BCUT2D eigenvalue weighted by Gasteiger charge is -2.13. The topological polar surface area (TPSA) is 92.4 Å². The van der Waals surface area contributed by atoms with E-state index < -0.39 is 5.95 Å². The summed E-state index contributed by atoms with van der Waals surface area (Å²) in [5, 5.41) is 12.1. The molecule has 0 aliphatic carbocycles. The smallest absolute Gasteiger partial charge is 0.358 e. The van der Waals surface area contributed by atoms with Crippen molar-refractivity contribution in [1.82, 2.24) is 0 Å². The molecule has 6 nitrogen and oxygen atoms in total. The highest BCUT2D eigenvalue weighted by molar-refractivity contribution is 6.14. The molecule has 0 saturated heterocycles.